The molecule has 1 fully saturated rings. The number of piperazine rings is 1. The number of nitrogens with two attached hydrogens (primary N) is 1. The Morgan fingerprint density at radius 2 is 1.80 bits per heavy atom. The van der Waals surface area contributed by atoms with Crippen LogP contribution < -0.4 is 5.73 Å². The summed E-state index contributed by atoms with van der Waals surface area (Å²) in [4.78, 5) is 27.2. The van der Waals surface area contributed by atoms with Crippen LogP contribution >= 0.6 is 15.9 Å². The Kier molecular flexibility index (Phi) is 4.61. The average molecular weight is 342 g/mol. The van der Waals surface area contributed by atoms with Crippen molar-refractivity contribution in [2.24, 2.45) is 5.73 Å². The molecule has 2 amide bonds. The lowest BCUT2D eigenvalue weighted by Gasteiger charge is -2.34. The molecule has 3 N–H and O–H groups in total. The lowest BCUT2D eigenvalue weighted by molar-refractivity contribution is -0.131. The van der Waals surface area contributed by atoms with Crippen molar-refractivity contribution in [2.45, 2.75) is 0 Å². The Balaban J connectivity index is 2.05. The van der Waals surface area contributed by atoms with E-state index in [1.807, 2.05) is 0 Å². The van der Waals surface area contributed by atoms with Crippen molar-refractivity contribution >= 4 is 27.7 Å². The van der Waals surface area contributed by atoms with Gasteiger partial charge in [0.1, 0.15) is 5.75 Å². The first-order chi connectivity index (χ1) is 9.52. The van der Waals surface area contributed by atoms with E-state index < -0.39 is 0 Å². The molecule has 2 rings (SSSR count). The van der Waals surface area contributed by atoms with Gasteiger partial charge >= 0.3 is 0 Å². The standard InChI is InChI=1S/C13H16BrN3O3/c14-11-2-1-9(18)7-10(11)13(20)17-5-3-16(4-6-17)12(19)8-15/h1-2,7,18H,3-6,8,15H2. The van der Waals surface area contributed by atoms with Gasteiger partial charge < -0.3 is 20.6 Å². The molecule has 0 aliphatic carbocycles. The van der Waals surface area contributed by atoms with Crippen molar-refractivity contribution in [3.05, 3.63) is 28.2 Å². The van der Waals surface area contributed by atoms with Crippen LogP contribution in [0.25, 0.3) is 0 Å². The molecule has 20 heavy (non-hydrogen) atoms. The number of phenols is 1. The maximum absolute atomic E-state index is 12.4. The van der Waals surface area contributed by atoms with Crippen LogP contribution in [0.3, 0.4) is 0 Å². The molecule has 1 aliphatic rings. The Hall–Kier alpha value is -1.60. The highest BCUT2D eigenvalue weighted by molar-refractivity contribution is 9.10. The summed E-state index contributed by atoms with van der Waals surface area (Å²) in [5, 5.41) is 9.47. The van der Waals surface area contributed by atoms with E-state index in [1.54, 1.807) is 15.9 Å². The zero-order chi connectivity index (χ0) is 14.7. The summed E-state index contributed by atoms with van der Waals surface area (Å²) in [6, 6.07) is 4.58. The predicted molar refractivity (Wildman–Crippen MR) is 77.3 cm³/mol. The molecule has 0 aromatic heterocycles. The first kappa shape index (κ1) is 14.8. The van der Waals surface area contributed by atoms with E-state index in [1.165, 1.54) is 12.1 Å². The van der Waals surface area contributed by atoms with Crippen molar-refractivity contribution in [2.75, 3.05) is 32.7 Å². The van der Waals surface area contributed by atoms with Crippen LogP contribution in [0.15, 0.2) is 22.7 Å². The van der Waals surface area contributed by atoms with Crippen molar-refractivity contribution in [3.8, 4) is 5.75 Å². The number of halogens is 1. The van der Waals surface area contributed by atoms with E-state index in [4.69, 9.17) is 5.73 Å². The second kappa shape index (κ2) is 6.23. The number of aromatic hydroxyl groups is 1. The monoisotopic (exact) mass is 341 g/mol. The van der Waals surface area contributed by atoms with Crippen molar-refractivity contribution < 1.29 is 14.7 Å². The second-order valence-electron chi connectivity index (χ2n) is 4.54. The van der Waals surface area contributed by atoms with Crippen LogP contribution in [-0.2, 0) is 4.79 Å². The maximum Gasteiger partial charge on any atom is 0.255 e. The zero-order valence-electron chi connectivity index (χ0n) is 10.9. The van der Waals surface area contributed by atoms with Gasteiger partial charge in [-0.15, -0.1) is 0 Å². The van der Waals surface area contributed by atoms with Crippen LogP contribution in [-0.4, -0.2) is 59.4 Å². The van der Waals surface area contributed by atoms with Crippen molar-refractivity contribution in [3.63, 3.8) is 0 Å². The first-order valence-corrected chi connectivity index (χ1v) is 7.08. The molecule has 0 saturated carbocycles. The van der Waals surface area contributed by atoms with E-state index in [-0.39, 0.29) is 24.1 Å². The summed E-state index contributed by atoms with van der Waals surface area (Å²) in [7, 11) is 0. The van der Waals surface area contributed by atoms with Gasteiger partial charge in [-0.05, 0) is 34.1 Å². The third-order valence-electron chi connectivity index (χ3n) is 3.27. The van der Waals surface area contributed by atoms with Crippen LogP contribution in [0.2, 0.25) is 0 Å². The molecule has 0 radical (unpaired) electrons. The fraction of sp³-hybridized carbons (Fsp3) is 0.385. The molecule has 1 aromatic carbocycles. The van der Waals surface area contributed by atoms with E-state index in [2.05, 4.69) is 15.9 Å². The number of benzene rings is 1. The van der Waals surface area contributed by atoms with Crippen LogP contribution in [0.1, 0.15) is 10.4 Å². The van der Waals surface area contributed by atoms with Gasteiger partial charge in [0.25, 0.3) is 5.91 Å². The maximum atomic E-state index is 12.4. The minimum atomic E-state index is -0.160. The predicted octanol–water partition coefficient (Wildman–Crippen LogP) is 0.398. The van der Waals surface area contributed by atoms with Crippen LogP contribution in [0.4, 0.5) is 0 Å². The topological polar surface area (TPSA) is 86.9 Å². The quantitative estimate of drug-likeness (QED) is 0.815. The van der Waals surface area contributed by atoms with Gasteiger partial charge in [-0.25, -0.2) is 0 Å². The van der Waals surface area contributed by atoms with Crippen LogP contribution in [0, 0.1) is 0 Å². The van der Waals surface area contributed by atoms with Gasteiger partial charge in [0.05, 0.1) is 12.1 Å². The summed E-state index contributed by atoms with van der Waals surface area (Å²) >= 11 is 3.30. The highest BCUT2D eigenvalue weighted by Gasteiger charge is 2.25. The molecular weight excluding hydrogens is 326 g/mol. The van der Waals surface area contributed by atoms with Gasteiger partial charge in [0, 0.05) is 30.7 Å². The number of hydrogen-bond donors (Lipinski definition) is 2. The number of phenolic OH excluding ortho intramolecular Hbond substituents is 1. The smallest absolute Gasteiger partial charge is 0.255 e. The lowest BCUT2D eigenvalue weighted by Crippen LogP contribution is -2.51. The normalized spacial score (nSPS) is 15.3. The SMILES string of the molecule is NCC(=O)N1CCN(C(=O)c2cc(O)ccc2Br)CC1. The third kappa shape index (κ3) is 3.10. The molecular formula is C13H16BrN3O3. The number of nitrogens with zero attached hydrogens (tertiary/aromatic N) is 2. The number of amides is 2. The van der Waals surface area contributed by atoms with E-state index >= 15 is 0 Å². The van der Waals surface area contributed by atoms with E-state index in [9.17, 15) is 14.7 Å². The third-order valence-corrected chi connectivity index (χ3v) is 3.97. The Bertz CT molecular complexity index is 528. The molecule has 1 aromatic rings. The number of rotatable bonds is 2. The van der Waals surface area contributed by atoms with E-state index in [0.29, 0.717) is 36.2 Å². The van der Waals surface area contributed by atoms with Crippen LogP contribution in [0.5, 0.6) is 5.75 Å². The molecule has 1 heterocycles. The molecule has 6 nitrogen and oxygen atoms in total. The molecule has 0 unspecified atom stereocenters. The Morgan fingerprint density at radius 1 is 1.20 bits per heavy atom. The first-order valence-electron chi connectivity index (χ1n) is 6.28. The lowest BCUT2D eigenvalue weighted by atomic mass is 10.1. The van der Waals surface area contributed by atoms with Crippen molar-refractivity contribution in [1.82, 2.24) is 9.80 Å². The summed E-state index contributed by atoms with van der Waals surface area (Å²) in [5.74, 6) is -0.211. The number of carbonyl (C=O) groups is 2. The zero-order valence-corrected chi connectivity index (χ0v) is 12.5. The highest BCUT2D eigenvalue weighted by Crippen LogP contribution is 2.23. The molecule has 1 saturated heterocycles. The van der Waals surface area contributed by atoms with Gasteiger partial charge in [-0.3, -0.25) is 9.59 Å². The molecule has 108 valence electrons. The molecule has 0 spiro atoms. The van der Waals surface area contributed by atoms with Gasteiger partial charge in [-0.2, -0.15) is 0 Å². The number of hydrogen-bond acceptors (Lipinski definition) is 4. The van der Waals surface area contributed by atoms with Crippen molar-refractivity contribution in [1.29, 1.82) is 0 Å². The summed E-state index contributed by atoms with van der Waals surface area (Å²) in [6.07, 6.45) is 0. The minimum Gasteiger partial charge on any atom is -0.508 e. The summed E-state index contributed by atoms with van der Waals surface area (Å²) in [5.41, 5.74) is 5.74. The Labute approximate surface area is 125 Å². The Morgan fingerprint density at radius 3 is 2.40 bits per heavy atom. The van der Waals surface area contributed by atoms with Gasteiger partial charge in [0.2, 0.25) is 5.91 Å². The fourth-order valence-electron chi connectivity index (χ4n) is 2.14. The molecule has 1 aliphatic heterocycles. The summed E-state index contributed by atoms with van der Waals surface area (Å²) < 4.78 is 0.640. The van der Waals surface area contributed by atoms with Gasteiger partial charge in [-0.1, -0.05) is 0 Å². The average Bonchev–Trinajstić information content (AvgIpc) is 2.48. The summed E-state index contributed by atoms with van der Waals surface area (Å²) in [6.45, 7) is 1.89. The largest absolute Gasteiger partial charge is 0.508 e. The highest BCUT2D eigenvalue weighted by atomic mass is 79.9. The number of carbonyl (C=O) groups excluding carboxylic acids is 2. The minimum absolute atomic E-state index is 0.00788. The fourth-order valence-corrected chi connectivity index (χ4v) is 2.55. The molecule has 7 heteroatoms. The molecule has 0 bridgehead atoms. The molecule has 0 atom stereocenters. The van der Waals surface area contributed by atoms with Gasteiger partial charge in [0.15, 0.2) is 0 Å². The second-order valence-corrected chi connectivity index (χ2v) is 5.40. The van der Waals surface area contributed by atoms with E-state index in [0.717, 1.165) is 0 Å².